The molecule has 8 nitrogen and oxygen atoms in total. The fourth-order valence-electron chi connectivity index (χ4n) is 4.03. The summed E-state index contributed by atoms with van der Waals surface area (Å²) in [5.74, 6) is 0.316. The lowest BCUT2D eigenvalue weighted by Crippen LogP contribution is -2.37. The minimum absolute atomic E-state index is 0.175. The Balaban J connectivity index is 1.69. The van der Waals surface area contributed by atoms with Crippen LogP contribution in [0.3, 0.4) is 0 Å². The van der Waals surface area contributed by atoms with Gasteiger partial charge in [0, 0.05) is 25.5 Å². The second kappa shape index (κ2) is 10.6. The van der Waals surface area contributed by atoms with E-state index >= 15 is 0 Å². The molecule has 0 aliphatic heterocycles. The van der Waals surface area contributed by atoms with Gasteiger partial charge >= 0.3 is 5.69 Å². The molecule has 3 aromatic heterocycles. The normalized spacial score (nSPS) is 11.9. The van der Waals surface area contributed by atoms with Gasteiger partial charge in [-0.15, -0.1) is 0 Å². The highest BCUT2D eigenvalue weighted by atomic mass is 35.5. The van der Waals surface area contributed by atoms with E-state index in [1.54, 1.807) is 56.9 Å². The van der Waals surface area contributed by atoms with Crippen LogP contribution in [0.5, 0.6) is 5.75 Å². The third-order valence-electron chi connectivity index (χ3n) is 5.74. The molecule has 3 heterocycles. The number of imidazole rings is 1. The van der Waals surface area contributed by atoms with Gasteiger partial charge in [0.2, 0.25) is 5.91 Å². The maximum atomic E-state index is 13.6. The number of hydrogen-bond donors (Lipinski definition) is 0. The number of aromatic nitrogens is 4. The molecule has 0 radical (unpaired) electrons. The molecule has 35 heavy (non-hydrogen) atoms. The monoisotopic (exact) mass is 491 g/mol. The molecule has 0 saturated heterocycles. The number of carbonyl (C=O) groups is 1. The van der Waals surface area contributed by atoms with Crippen molar-refractivity contribution in [3.63, 3.8) is 0 Å². The highest BCUT2D eigenvalue weighted by Crippen LogP contribution is 2.29. The van der Waals surface area contributed by atoms with Crippen LogP contribution in [0, 0.1) is 0 Å². The average molecular weight is 492 g/mol. The highest BCUT2D eigenvalue weighted by Gasteiger charge is 2.22. The summed E-state index contributed by atoms with van der Waals surface area (Å²) >= 11 is 6.52. The third-order valence-corrected chi connectivity index (χ3v) is 6.04. The fraction of sp³-hybridized carbons (Fsp3) is 0.231. The van der Waals surface area contributed by atoms with Crippen LogP contribution >= 0.6 is 11.6 Å². The number of ether oxygens (including phenoxy) is 1. The molecule has 0 N–H and O–H groups in total. The molecular formula is C26H26ClN5O3. The lowest BCUT2D eigenvalue weighted by atomic mass is 10.2. The van der Waals surface area contributed by atoms with E-state index in [0.29, 0.717) is 40.6 Å². The Labute approximate surface area is 208 Å². The SMILES string of the molecule is C=CC(=O)N(CC)C[C@@H](C)n1c(=O)n(-c2ccc(OCc3ccccn3)c(Cl)c2)c2cnccc21. The van der Waals surface area contributed by atoms with Crippen molar-refractivity contribution in [3.8, 4) is 11.4 Å². The second-order valence-corrected chi connectivity index (χ2v) is 8.41. The first-order valence-electron chi connectivity index (χ1n) is 11.3. The molecule has 1 amide bonds. The molecule has 1 atom stereocenters. The van der Waals surface area contributed by atoms with Crippen molar-refractivity contribution in [1.82, 2.24) is 24.0 Å². The molecule has 0 bridgehead atoms. The number of likely N-dealkylation sites (N-methyl/N-ethyl adjacent to an activating group) is 1. The van der Waals surface area contributed by atoms with Crippen molar-refractivity contribution < 1.29 is 9.53 Å². The zero-order valence-electron chi connectivity index (χ0n) is 19.6. The second-order valence-electron chi connectivity index (χ2n) is 8.01. The zero-order chi connectivity index (χ0) is 24.9. The first kappa shape index (κ1) is 24.2. The largest absolute Gasteiger partial charge is 0.486 e. The van der Waals surface area contributed by atoms with E-state index in [4.69, 9.17) is 16.3 Å². The molecule has 0 spiro atoms. The summed E-state index contributed by atoms with van der Waals surface area (Å²) in [5, 5.41) is 0.372. The van der Waals surface area contributed by atoms with Crippen LogP contribution in [0.1, 0.15) is 25.6 Å². The summed E-state index contributed by atoms with van der Waals surface area (Å²) in [6.07, 6.45) is 6.27. The Morgan fingerprint density at radius 3 is 2.74 bits per heavy atom. The molecule has 180 valence electrons. The van der Waals surface area contributed by atoms with Crippen LogP contribution in [-0.4, -0.2) is 43.0 Å². The maximum Gasteiger partial charge on any atom is 0.334 e. The highest BCUT2D eigenvalue weighted by molar-refractivity contribution is 6.32. The van der Waals surface area contributed by atoms with Gasteiger partial charge in [0.1, 0.15) is 12.4 Å². The average Bonchev–Trinajstić information content (AvgIpc) is 3.18. The number of rotatable bonds is 9. The number of nitrogens with zero attached hydrogens (tertiary/aromatic N) is 5. The summed E-state index contributed by atoms with van der Waals surface area (Å²) in [4.78, 5) is 35.9. The number of pyridine rings is 2. The minimum Gasteiger partial charge on any atom is -0.486 e. The summed E-state index contributed by atoms with van der Waals surface area (Å²) in [6, 6.07) is 12.3. The molecule has 1 aromatic carbocycles. The number of benzene rings is 1. The minimum atomic E-state index is -0.283. The Kier molecular flexibility index (Phi) is 7.31. The lowest BCUT2D eigenvalue weighted by molar-refractivity contribution is -0.126. The predicted octanol–water partition coefficient (Wildman–Crippen LogP) is 4.41. The van der Waals surface area contributed by atoms with E-state index in [1.807, 2.05) is 32.0 Å². The van der Waals surface area contributed by atoms with Crippen molar-refractivity contribution in [2.75, 3.05) is 13.1 Å². The van der Waals surface area contributed by atoms with Gasteiger partial charge in [-0.25, -0.2) is 4.79 Å². The van der Waals surface area contributed by atoms with Crippen LogP contribution in [-0.2, 0) is 11.4 Å². The molecule has 0 aliphatic rings. The summed E-state index contributed by atoms with van der Waals surface area (Å²) in [7, 11) is 0. The number of carbonyl (C=O) groups excluding carboxylic acids is 1. The van der Waals surface area contributed by atoms with Crippen LogP contribution in [0.25, 0.3) is 16.7 Å². The van der Waals surface area contributed by atoms with Gasteiger partial charge in [0.15, 0.2) is 0 Å². The van der Waals surface area contributed by atoms with E-state index in [0.717, 1.165) is 5.69 Å². The van der Waals surface area contributed by atoms with E-state index in [2.05, 4.69) is 16.5 Å². The Morgan fingerprint density at radius 1 is 1.23 bits per heavy atom. The van der Waals surface area contributed by atoms with Crippen molar-refractivity contribution in [2.24, 2.45) is 0 Å². The van der Waals surface area contributed by atoms with E-state index in [1.165, 1.54) is 6.08 Å². The Hall–Kier alpha value is -3.91. The molecule has 4 aromatic rings. The Bertz CT molecular complexity index is 1410. The summed E-state index contributed by atoms with van der Waals surface area (Å²) < 4.78 is 9.06. The number of halogens is 1. The molecule has 9 heteroatoms. The van der Waals surface area contributed by atoms with Crippen molar-refractivity contribution in [3.05, 3.63) is 94.9 Å². The van der Waals surface area contributed by atoms with E-state index in [9.17, 15) is 9.59 Å². The van der Waals surface area contributed by atoms with Crippen molar-refractivity contribution in [2.45, 2.75) is 26.5 Å². The molecule has 0 aliphatic carbocycles. The standard InChI is InChI=1S/C26H26ClN5O3/c1-4-25(33)30(5-2)16-18(3)31-22-11-13-28-15-23(22)32(26(31)34)20-9-10-24(21(27)14-20)35-17-19-8-6-7-12-29-19/h4,6-15,18H,1,5,16-17H2,2-3H3/t18-/m1/s1. The van der Waals surface area contributed by atoms with Crippen LogP contribution in [0.4, 0.5) is 0 Å². The first-order chi connectivity index (χ1) is 16.9. The molecule has 0 unspecified atom stereocenters. The molecule has 0 saturated carbocycles. The number of amides is 1. The smallest absolute Gasteiger partial charge is 0.334 e. The molecule has 4 rings (SSSR count). The lowest BCUT2D eigenvalue weighted by Gasteiger charge is -2.24. The predicted molar refractivity (Wildman–Crippen MR) is 136 cm³/mol. The van der Waals surface area contributed by atoms with Gasteiger partial charge in [-0.05, 0) is 56.3 Å². The van der Waals surface area contributed by atoms with Gasteiger partial charge in [0.05, 0.1) is 39.7 Å². The van der Waals surface area contributed by atoms with Crippen molar-refractivity contribution >= 4 is 28.5 Å². The number of hydrogen-bond acceptors (Lipinski definition) is 5. The first-order valence-corrected chi connectivity index (χ1v) is 11.6. The quantitative estimate of drug-likeness (QED) is 0.324. The third kappa shape index (κ3) is 4.97. The van der Waals surface area contributed by atoms with Crippen LogP contribution in [0.2, 0.25) is 5.02 Å². The van der Waals surface area contributed by atoms with Gasteiger partial charge in [-0.2, -0.15) is 0 Å². The van der Waals surface area contributed by atoms with E-state index in [-0.39, 0.29) is 24.2 Å². The maximum absolute atomic E-state index is 13.6. The fourth-order valence-corrected chi connectivity index (χ4v) is 4.26. The van der Waals surface area contributed by atoms with Crippen LogP contribution in [0.15, 0.2) is 78.5 Å². The summed E-state index contributed by atoms with van der Waals surface area (Å²) in [6.45, 7) is 8.52. The number of fused-ring (bicyclic) bond motifs is 1. The molecular weight excluding hydrogens is 466 g/mol. The Morgan fingerprint density at radius 2 is 2.06 bits per heavy atom. The van der Waals surface area contributed by atoms with Gasteiger partial charge in [0.25, 0.3) is 0 Å². The van der Waals surface area contributed by atoms with Crippen LogP contribution < -0.4 is 10.4 Å². The van der Waals surface area contributed by atoms with E-state index < -0.39 is 0 Å². The topological polar surface area (TPSA) is 82.2 Å². The van der Waals surface area contributed by atoms with Crippen molar-refractivity contribution in [1.29, 1.82) is 0 Å². The summed E-state index contributed by atoms with van der Waals surface area (Å²) in [5.41, 5.74) is 2.47. The van der Waals surface area contributed by atoms with Gasteiger partial charge in [-0.3, -0.25) is 23.9 Å². The van der Waals surface area contributed by atoms with Gasteiger partial charge < -0.3 is 9.64 Å². The van der Waals surface area contributed by atoms with Gasteiger partial charge in [-0.1, -0.05) is 24.2 Å². The zero-order valence-corrected chi connectivity index (χ0v) is 20.4. The molecule has 0 fully saturated rings.